The molecule has 0 aliphatic carbocycles. The van der Waals surface area contributed by atoms with Crippen molar-refractivity contribution >= 4 is 44.9 Å². The Morgan fingerprint density at radius 1 is 1.17 bits per heavy atom. The minimum Gasteiger partial charge on any atom is -0.469 e. The van der Waals surface area contributed by atoms with Crippen LogP contribution in [0, 0.1) is 0 Å². The zero-order valence-electron chi connectivity index (χ0n) is 19.4. The highest BCUT2D eigenvalue weighted by Crippen LogP contribution is 2.44. The van der Waals surface area contributed by atoms with Crippen LogP contribution in [0.2, 0.25) is 10.0 Å². The van der Waals surface area contributed by atoms with E-state index in [0.29, 0.717) is 27.6 Å². The van der Waals surface area contributed by atoms with E-state index in [0.717, 1.165) is 5.41 Å². The van der Waals surface area contributed by atoms with Gasteiger partial charge in [0.25, 0.3) is 5.91 Å². The molecule has 1 amide bonds. The molecule has 1 aliphatic heterocycles. The Morgan fingerprint density at radius 2 is 1.86 bits per heavy atom. The summed E-state index contributed by atoms with van der Waals surface area (Å²) < 4.78 is 36.0. The fraction of sp³-hybridized carbons (Fsp3) is 0.360. The van der Waals surface area contributed by atoms with Gasteiger partial charge in [-0.25, -0.2) is 8.42 Å². The lowest BCUT2D eigenvalue weighted by Crippen LogP contribution is -2.56. The first-order chi connectivity index (χ1) is 16.6. The Kier molecular flexibility index (Phi) is 8.99. The summed E-state index contributed by atoms with van der Waals surface area (Å²) in [6.07, 6.45) is -1.89. The Hall–Kier alpha value is -2.39. The van der Waals surface area contributed by atoms with Crippen LogP contribution in [0.4, 0.5) is 0 Å². The lowest BCUT2D eigenvalue weighted by Gasteiger charge is -2.48. The van der Waals surface area contributed by atoms with E-state index < -0.39 is 46.0 Å². The number of morpholine rings is 1. The maximum atomic E-state index is 13.8. The second kappa shape index (κ2) is 11.6. The largest absolute Gasteiger partial charge is 0.469 e. The molecule has 1 fully saturated rings. The molecule has 2 aromatic rings. The number of carbonyl (C=O) groups excluding carboxylic acids is 2. The molecule has 0 radical (unpaired) electrons. The molecule has 0 bridgehead atoms. The van der Waals surface area contributed by atoms with E-state index in [4.69, 9.17) is 32.7 Å². The van der Waals surface area contributed by atoms with Crippen LogP contribution in [0.1, 0.15) is 43.0 Å². The van der Waals surface area contributed by atoms with Gasteiger partial charge in [-0.3, -0.25) is 9.59 Å². The van der Waals surface area contributed by atoms with Crippen molar-refractivity contribution in [1.29, 1.82) is 0 Å². The van der Waals surface area contributed by atoms with Gasteiger partial charge in [0, 0.05) is 21.5 Å². The maximum absolute atomic E-state index is 13.8. The highest BCUT2D eigenvalue weighted by Gasteiger charge is 2.47. The summed E-state index contributed by atoms with van der Waals surface area (Å²) in [5, 5.41) is 1.86. The SMILES string of the molecule is C=CS(=O)(=O)CC(CC)N1C(=O)C(CC(=O)OC)OC(c2cccc(Cl)c2)C1c1ccc(Cl)cc1. The fourth-order valence-electron chi connectivity index (χ4n) is 4.21. The number of nitrogens with zero attached hydrogens (tertiary/aromatic N) is 1. The molecule has 0 saturated carbocycles. The van der Waals surface area contributed by atoms with E-state index in [-0.39, 0.29) is 12.2 Å². The summed E-state index contributed by atoms with van der Waals surface area (Å²) in [4.78, 5) is 27.4. The van der Waals surface area contributed by atoms with Crippen LogP contribution < -0.4 is 0 Å². The van der Waals surface area contributed by atoms with E-state index >= 15 is 0 Å². The van der Waals surface area contributed by atoms with Gasteiger partial charge in [-0.2, -0.15) is 0 Å². The number of benzene rings is 2. The van der Waals surface area contributed by atoms with Gasteiger partial charge in [-0.15, -0.1) is 0 Å². The topological polar surface area (TPSA) is 90.0 Å². The van der Waals surface area contributed by atoms with Crippen LogP contribution in [0.25, 0.3) is 0 Å². The summed E-state index contributed by atoms with van der Waals surface area (Å²) in [7, 11) is -2.43. The minimum absolute atomic E-state index is 0.319. The Morgan fingerprint density at radius 3 is 2.43 bits per heavy atom. The van der Waals surface area contributed by atoms with Gasteiger partial charge in [0.05, 0.1) is 25.3 Å². The van der Waals surface area contributed by atoms with Crippen molar-refractivity contribution in [3.63, 3.8) is 0 Å². The smallest absolute Gasteiger partial charge is 0.308 e. The molecule has 1 saturated heterocycles. The fourth-order valence-corrected chi connectivity index (χ4v) is 5.60. The number of methoxy groups -OCH3 is 1. The first kappa shape index (κ1) is 27.2. The molecule has 1 heterocycles. The van der Waals surface area contributed by atoms with Gasteiger partial charge in [-0.1, -0.05) is 61.0 Å². The van der Waals surface area contributed by atoms with E-state index in [9.17, 15) is 18.0 Å². The number of sulfone groups is 1. The summed E-state index contributed by atoms with van der Waals surface area (Å²) in [5.41, 5.74) is 1.37. The number of rotatable bonds is 9. The number of hydrogen-bond acceptors (Lipinski definition) is 6. The molecule has 0 spiro atoms. The summed E-state index contributed by atoms with van der Waals surface area (Å²) in [5.74, 6) is -1.44. The van der Waals surface area contributed by atoms with Crippen molar-refractivity contribution in [2.75, 3.05) is 12.9 Å². The Balaban J connectivity index is 2.21. The van der Waals surface area contributed by atoms with Crippen molar-refractivity contribution in [2.45, 2.75) is 44.1 Å². The average Bonchev–Trinajstić information content (AvgIpc) is 2.84. The van der Waals surface area contributed by atoms with Gasteiger partial charge in [0.2, 0.25) is 0 Å². The van der Waals surface area contributed by atoms with Crippen molar-refractivity contribution < 1.29 is 27.5 Å². The number of ether oxygens (including phenoxy) is 2. The van der Waals surface area contributed by atoms with Gasteiger partial charge in [0.15, 0.2) is 9.84 Å². The van der Waals surface area contributed by atoms with Crippen LogP contribution >= 0.6 is 23.2 Å². The second-order valence-corrected chi connectivity index (χ2v) is 11.0. The third-order valence-electron chi connectivity index (χ3n) is 5.94. The summed E-state index contributed by atoms with van der Waals surface area (Å²) in [6.45, 7) is 5.20. The maximum Gasteiger partial charge on any atom is 0.308 e. The first-order valence-corrected chi connectivity index (χ1v) is 13.5. The van der Waals surface area contributed by atoms with Crippen LogP contribution in [-0.2, 0) is 28.9 Å². The zero-order valence-corrected chi connectivity index (χ0v) is 21.7. The normalized spacial score (nSPS) is 21.4. The number of carbonyl (C=O) groups is 2. The predicted octanol–water partition coefficient (Wildman–Crippen LogP) is 4.90. The van der Waals surface area contributed by atoms with Gasteiger partial charge >= 0.3 is 5.97 Å². The molecule has 35 heavy (non-hydrogen) atoms. The molecule has 0 aromatic heterocycles. The standard InChI is InChI=1S/C25H27Cl2NO6S/c1-4-20(15-35(31,32)5-2)28-23(16-9-11-18(26)12-10-16)24(17-7-6-8-19(27)13-17)34-21(25(28)30)14-22(29)33-3/h5-13,20-21,23-24H,2,4,14-15H2,1,3H3. The van der Waals surface area contributed by atoms with Gasteiger partial charge in [0.1, 0.15) is 12.2 Å². The predicted molar refractivity (Wildman–Crippen MR) is 135 cm³/mol. The van der Waals surface area contributed by atoms with Crippen molar-refractivity contribution in [3.8, 4) is 0 Å². The lowest BCUT2D eigenvalue weighted by atomic mass is 9.89. The second-order valence-electron chi connectivity index (χ2n) is 8.18. The molecular formula is C25H27Cl2NO6S. The number of amides is 1. The molecule has 4 unspecified atom stereocenters. The summed E-state index contributed by atoms with van der Waals surface area (Å²) in [6, 6.07) is 12.5. The Bertz CT molecular complexity index is 1180. The van der Waals surface area contributed by atoms with E-state index in [1.54, 1.807) is 49.4 Å². The molecule has 4 atom stereocenters. The first-order valence-electron chi connectivity index (χ1n) is 11.0. The number of hydrogen-bond donors (Lipinski definition) is 0. The van der Waals surface area contributed by atoms with Crippen LogP contribution in [0.15, 0.2) is 60.5 Å². The highest BCUT2D eigenvalue weighted by molar-refractivity contribution is 7.94. The van der Waals surface area contributed by atoms with Crippen LogP contribution in [0.5, 0.6) is 0 Å². The molecule has 188 valence electrons. The molecule has 1 aliphatic rings. The number of halogens is 2. The number of esters is 1. The highest BCUT2D eigenvalue weighted by atomic mass is 35.5. The molecule has 3 rings (SSSR count). The zero-order chi connectivity index (χ0) is 25.8. The quantitative estimate of drug-likeness (QED) is 0.421. The molecule has 0 N–H and O–H groups in total. The average molecular weight is 540 g/mol. The van der Waals surface area contributed by atoms with E-state index in [2.05, 4.69) is 6.58 Å². The van der Waals surface area contributed by atoms with E-state index in [1.807, 2.05) is 6.07 Å². The van der Waals surface area contributed by atoms with Crippen molar-refractivity contribution in [3.05, 3.63) is 81.7 Å². The minimum atomic E-state index is -3.65. The van der Waals surface area contributed by atoms with Crippen LogP contribution in [-0.4, -0.2) is 50.2 Å². The van der Waals surface area contributed by atoms with Gasteiger partial charge in [-0.05, 0) is 41.8 Å². The summed E-state index contributed by atoms with van der Waals surface area (Å²) >= 11 is 12.4. The van der Waals surface area contributed by atoms with Crippen molar-refractivity contribution in [1.82, 2.24) is 4.90 Å². The molecule has 10 heteroatoms. The molecular weight excluding hydrogens is 513 g/mol. The van der Waals surface area contributed by atoms with Gasteiger partial charge < -0.3 is 14.4 Å². The monoisotopic (exact) mass is 539 g/mol. The third kappa shape index (κ3) is 6.44. The molecule has 7 nitrogen and oxygen atoms in total. The third-order valence-corrected chi connectivity index (χ3v) is 7.78. The lowest BCUT2D eigenvalue weighted by molar-refractivity contribution is -0.183. The van der Waals surface area contributed by atoms with E-state index in [1.165, 1.54) is 12.0 Å². The van der Waals surface area contributed by atoms with Crippen molar-refractivity contribution in [2.24, 2.45) is 0 Å². The Labute approximate surface area is 215 Å². The molecule has 2 aromatic carbocycles. The van der Waals surface area contributed by atoms with Crippen LogP contribution in [0.3, 0.4) is 0 Å².